The number of nitrogens with one attached hydrogen (secondary N) is 1. The minimum Gasteiger partial charge on any atom is -0.392 e. The predicted molar refractivity (Wildman–Crippen MR) is 109 cm³/mol. The summed E-state index contributed by atoms with van der Waals surface area (Å²) in [6, 6.07) is 7.20. The molecule has 0 aromatic heterocycles. The third kappa shape index (κ3) is 6.60. The van der Waals surface area contributed by atoms with Crippen LogP contribution in [-0.4, -0.2) is 51.4 Å². The first-order valence-electron chi connectivity index (χ1n) is 6.36. The minimum atomic E-state index is -1.30. The van der Waals surface area contributed by atoms with Gasteiger partial charge in [-0.1, -0.05) is 34.1 Å². The van der Waals surface area contributed by atoms with E-state index >= 15 is 0 Å². The van der Waals surface area contributed by atoms with Crippen molar-refractivity contribution in [2.45, 2.75) is 30.9 Å². The Hall–Kier alpha value is 0.290. The van der Waals surface area contributed by atoms with Gasteiger partial charge in [0.25, 0.3) is 0 Å². The molecule has 0 saturated heterocycles. The van der Waals surface area contributed by atoms with Crippen molar-refractivity contribution in [3.05, 3.63) is 46.0 Å². The lowest BCUT2D eigenvalue weighted by Crippen LogP contribution is -2.53. The first kappa shape index (κ1) is 25.5. The van der Waals surface area contributed by atoms with Crippen LogP contribution in [0.3, 0.4) is 0 Å². The quantitative estimate of drug-likeness (QED) is 0.428. The van der Waals surface area contributed by atoms with Crippen LogP contribution < -0.4 is 5.32 Å². The van der Waals surface area contributed by atoms with Gasteiger partial charge in [-0.25, -0.2) is 0 Å². The summed E-state index contributed by atoms with van der Waals surface area (Å²) in [6.45, 7) is 0.161. The lowest BCUT2D eigenvalue weighted by molar-refractivity contribution is -0.0643. The molecule has 0 radical (unpaired) electrons. The second-order valence-corrected chi connectivity index (χ2v) is 5.77. The summed E-state index contributed by atoms with van der Waals surface area (Å²) in [4.78, 5) is 0. The molecule has 1 aliphatic rings. The number of aliphatic hydroxyl groups is 4. The van der Waals surface area contributed by atoms with Crippen LogP contribution in [0.1, 0.15) is 5.56 Å². The Morgan fingerprint density at radius 3 is 2.04 bits per heavy atom. The third-order valence-electron chi connectivity index (χ3n) is 3.45. The molecule has 0 saturated carbocycles. The second-order valence-electron chi connectivity index (χ2n) is 4.86. The molecule has 1 aromatic rings. The van der Waals surface area contributed by atoms with Gasteiger partial charge in [0.15, 0.2) is 0 Å². The van der Waals surface area contributed by atoms with Gasteiger partial charge in [-0.2, -0.15) is 40.5 Å². The highest BCUT2D eigenvalue weighted by Crippen LogP contribution is 2.20. The fourth-order valence-corrected chi connectivity index (χ4v) is 2.47. The number of aliphatic hydroxyl groups excluding tert-OH is 4. The third-order valence-corrected chi connectivity index (χ3v) is 3.98. The topological polar surface area (TPSA) is 93.0 Å². The molecule has 0 bridgehead atoms. The summed E-state index contributed by atoms with van der Waals surface area (Å²) in [5, 5.41) is 41.6. The van der Waals surface area contributed by atoms with Gasteiger partial charge in [-0.15, -0.1) is 0 Å². The summed E-state index contributed by atoms with van der Waals surface area (Å²) < 4.78 is 0.986. The maximum Gasteiger partial charge on any atom is 0.111 e. The van der Waals surface area contributed by atoms with Crippen LogP contribution in [0.4, 0.5) is 0 Å². The van der Waals surface area contributed by atoms with Gasteiger partial charge in [0.1, 0.15) is 18.3 Å². The van der Waals surface area contributed by atoms with E-state index in [0.717, 1.165) is 10.0 Å². The molecule has 2 rings (SSSR count). The van der Waals surface area contributed by atoms with Crippen molar-refractivity contribution in [2.24, 2.45) is 0 Å². The molecule has 5 nitrogen and oxygen atoms in total. The molecule has 1 unspecified atom stereocenters. The van der Waals surface area contributed by atoms with E-state index in [4.69, 9.17) is 5.11 Å². The van der Waals surface area contributed by atoms with Gasteiger partial charge in [-0.05, 0) is 23.3 Å². The first-order chi connectivity index (χ1) is 9.52. The van der Waals surface area contributed by atoms with Crippen molar-refractivity contribution in [2.75, 3.05) is 6.61 Å². The molecule has 0 amide bonds. The van der Waals surface area contributed by atoms with Crippen molar-refractivity contribution in [3.8, 4) is 0 Å². The van der Waals surface area contributed by atoms with E-state index < -0.39 is 24.4 Å². The van der Waals surface area contributed by atoms with Gasteiger partial charge in [0, 0.05) is 11.0 Å². The molecule has 1 aromatic carbocycles. The molecule has 23 heavy (non-hydrogen) atoms. The van der Waals surface area contributed by atoms with E-state index in [1.165, 1.54) is 0 Å². The van der Waals surface area contributed by atoms with E-state index in [2.05, 4.69) is 21.2 Å². The molecule has 0 aliphatic heterocycles. The lowest BCUT2D eigenvalue weighted by atomic mass is 9.88. The van der Waals surface area contributed by atoms with E-state index in [1.807, 2.05) is 24.3 Å². The number of hydrogen-bond acceptors (Lipinski definition) is 5. The van der Waals surface area contributed by atoms with E-state index in [0.29, 0.717) is 12.1 Å². The highest BCUT2D eigenvalue weighted by molar-refractivity contribution is 9.10. The SMILES string of the molecule is OCC1=C[C@H](NCc2ccc(Br)cc2)[C@H](O)C(O)[C@@H]1O.S.S.S. The largest absolute Gasteiger partial charge is 0.392 e. The van der Waals surface area contributed by atoms with Crippen molar-refractivity contribution < 1.29 is 20.4 Å². The fourth-order valence-electron chi connectivity index (χ4n) is 2.21. The average Bonchev–Trinajstić information content (AvgIpc) is 2.46. The van der Waals surface area contributed by atoms with Gasteiger partial charge in [0.05, 0.1) is 12.6 Å². The lowest BCUT2D eigenvalue weighted by Gasteiger charge is -2.34. The molecular weight excluding hydrogens is 422 g/mol. The van der Waals surface area contributed by atoms with Gasteiger partial charge < -0.3 is 25.7 Å². The molecule has 5 N–H and O–H groups in total. The Kier molecular flexibility index (Phi) is 13.1. The van der Waals surface area contributed by atoms with E-state index in [9.17, 15) is 15.3 Å². The number of rotatable bonds is 4. The Labute approximate surface area is 165 Å². The molecule has 0 spiro atoms. The molecule has 4 atom stereocenters. The standard InChI is InChI=1S/C14H18BrNO4.3H2S/c15-10-3-1-8(2-4-10)6-16-11-5-9(7-17)12(18)14(20)13(11)19;;;/h1-5,11-14,16-20H,6-7H2;3*1H2/t11-,12+,13-,14?;;;/m0.../s1. The Balaban J connectivity index is 0. The van der Waals surface area contributed by atoms with Gasteiger partial charge >= 0.3 is 0 Å². The highest BCUT2D eigenvalue weighted by atomic mass is 79.9. The monoisotopic (exact) mass is 445 g/mol. The first-order valence-corrected chi connectivity index (χ1v) is 7.15. The van der Waals surface area contributed by atoms with Gasteiger partial charge in [-0.3, -0.25) is 0 Å². The fraction of sp³-hybridized carbons (Fsp3) is 0.429. The maximum absolute atomic E-state index is 9.94. The molecule has 134 valence electrons. The molecule has 9 heteroatoms. The molecule has 0 heterocycles. The van der Waals surface area contributed by atoms with Crippen molar-refractivity contribution in [3.63, 3.8) is 0 Å². The summed E-state index contributed by atoms with van der Waals surface area (Å²) in [5.41, 5.74) is 1.34. The Bertz CT molecular complexity index is 489. The van der Waals surface area contributed by atoms with Crippen LogP contribution >= 0.6 is 56.4 Å². The average molecular weight is 446 g/mol. The van der Waals surface area contributed by atoms with Crippen LogP contribution in [0.25, 0.3) is 0 Å². The van der Waals surface area contributed by atoms with E-state index in [1.54, 1.807) is 6.08 Å². The molecular formula is C14H24BrNO4S3. The molecule has 0 fully saturated rings. The zero-order chi connectivity index (χ0) is 14.7. The van der Waals surface area contributed by atoms with Crippen LogP contribution in [-0.2, 0) is 6.54 Å². The van der Waals surface area contributed by atoms with Crippen LogP contribution in [0.5, 0.6) is 0 Å². The highest BCUT2D eigenvalue weighted by Gasteiger charge is 2.36. The smallest absolute Gasteiger partial charge is 0.111 e. The van der Waals surface area contributed by atoms with Crippen molar-refractivity contribution in [1.82, 2.24) is 5.32 Å². The van der Waals surface area contributed by atoms with Gasteiger partial charge in [0.2, 0.25) is 0 Å². The van der Waals surface area contributed by atoms with Crippen LogP contribution in [0, 0.1) is 0 Å². The summed E-state index contributed by atoms with van der Waals surface area (Å²) in [6.07, 6.45) is -2.07. The van der Waals surface area contributed by atoms with Crippen molar-refractivity contribution >= 4 is 56.4 Å². The summed E-state index contributed by atoms with van der Waals surface area (Å²) in [7, 11) is 0. The molecule has 1 aliphatic carbocycles. The maximum atomic E-state index is 9.94. The minimum absolute atomic E-state index is 0. The predicted octanol–water partition coefficient (Wildman–Crippen LogP) is 0.261. The normalized spacial score (nSPS) is 26.2. The van der Waals surface area contributed by atoms with Crippen LogP contribution in [0.15, 0.2) is 40.4 Å². The number of benzene rings is 1. The van der Waals surface area contributed by atoms with Crippen LogP contribution in [0.2, 0.25) is 0 Å². The summed E-state index contributed by atoms with van der Waals surface area (Å²) >= 11 is 3.36. The van der Waals surface area contributed by atoms with Crippen molar-refractivity contribution in [1.29, 1.82) is 0 Å². The Morgan fingerprint density at radius 1 is 0.957 bits per heavy atom. The van der Waals surface area contributed by atoms with E-state index in [-0.39, 0.29) is 47.1 Å². The summed E-state index contributed by atoms with van der Waals surface area (Å²) in [5.74, 6) is 0. The second kappa shape index (κ2) is 11.8. The zero-order valence-electron chi connectivity index (χ0n) is 12.3. The number of hydrogen-bond donors (Lipinski definition) is 5. The Morgan fingerprint density at radius 2 is 1.52 bits per heavy atom. The number of halogens is 1. The zero-order valence-corrected chi connectivity index (χ0v) is 16.9.